The van der Waals surface area contributed by atoms with E-state index in [-0.39, 0.29) is 12.5 Å². The van der Waals surface area contributed by atoms with Crippen molar-refractivity contribution in [1.29, 1.82) is 0 Å². The van der Waals surface area contributed by atoms with Crippen molar-refractivity contribution in [2.24, 2.45) is 0 Å². The lowest BCUT2D eigenvalue weighted by atomic mass is 10.3. The summed E-state index contributed by atoms with van der Waals surface area (Å²) in [5, 5.41) is 6.34. The first-order valence-corrected chi connectivity index (χ1v) is 7.38. The number of hydrogen-bond donors (Lipinski definition) is 2. The molecule has 0 bridgehead atoms. The Morgan fingerprint density at radius 1 is 1.29 bits per heavy atom. The Kier molecular flexibility index (Phi) is 5.47. The topological polar surface area (TPSA) is 50.4 Å². The van der Waals surface area contributed by atoms with Crippen molar-refractivity contribution >= 4 is 44.8 Å². The van der Waals surface area contributed by atoms with Gasteiger partial charge in [-0.1, -0.05) is 33.6 Å². The number of anilines is 2. The summed E-state index contributed by atoms with van der Waals surface area (Å²) in [7, 11) is 1.58. The number of hydrogen-bond acceptors (Lipinski definition) is 3. The van der Waals surface area contributed by atoms with Gasteiger partial charge in [0.1, 0.15) is 5.75 Å². The summed E-state index contributed by atoms with van der Waals surface area (Å²) < 4.78 is 6.00. The molecule has 1 amide bonds. The number of halogens is 2. The molecule has 0 aliphatic rings. The van der Waals surface area contributed by atoms with Crippen molar-refractivity contribution in [2.75, 3.05) is 24.3 Å². The summed E-state index contributed by atoms with van der Waals surface area (Å²) in [5.74, 6) is 0.523. The van der Waals surface area contributed by atoms with E-state index in [1.807, 2.05) is 24.3 Å². The Bertz CT molecular complexity index is 649. The van der Waals surface area contributed by atoms with Crippen LogP contribution in [0.2, 0.25) is 5.02 Å². The van der Waals surface area contributed by atoms with Gasteiger partial charge in [0.15, 0.2) is 0 Å². The van der Waals surface area contributed by atoms with Crippen molar-refractivity contribution in [3.05, 3.63) is 52.0 Å². The maximum atomic E-state index is 11.9. The molecule has 0 fully saturated rings. The van der Waals surface area contributed by atoms with Gasteiger partial charge in [-0.05, 0) is 30.3 Å². The Hall–Kier alpha value is -1.72. The molecule has 2 aromatic rings. The van der Waals surface area contributed by atoms with Crippen molar-refractivity contribution in [3.8, 4) is 5.75 Å². The average molecular weight is 370 g/mol. The maximum absolute atomic E-state index is 11.9. The van der Waals surface area contributed by atoms with Crippen LogP contribution in [0.1, 0.15) is 0 Å². The van der Waals surface area contributed by atoms with Gasteiger partial charge in [-0.2, -0.15) is 0 Å². The Labute approximate surface area is 136 Å². The molecule has 0 saturated carbocycles. The van der Waals surface area contributed by atoms with Crippen molar-refractivity contribution < 1.29 is 9.53 Å². The molecule has 2 N–H and O–H groups in total. The maximum Gasteiger partial charge on any atom is 0.243 e. The summed E-state index contributed by atoms with van der Waals surface area (Å²) in [6, 6.07) is 12.6. The van der Waals surface area contributed by atoms with Crippen LogP contribution in [0.15, 0.2) is 46.9 Å². The molecule has 0 unspecified atom stereocenters. The zero-order valence-electron chi connectivity index (χ0n) is 11.3. The van der Waals surface area contributed by atoms with E-state index in [9.17, 15) is 4.79 Å². The fourth-order valence-electron chi connectivity index (χ4n) is 1.71. The zero-order valence-corrected chi connectivity index (χ0v) is 13.7. The second-order valence-corrected chi connectivity index (χ2v) is 5.58. The van der Waals surface area contributed by atoms with Gasteiger partial charge in [0.2, 0.25) is 5.91 Å². The van der Waals surface area contributed by atoms with Crippen LogP contribution in [-0.4, -0.2) is 19.6 Å². The first-order valence-electron chi connectivity index (χ1n) is 6.21. The first kappa shape index (κ1) is 15.7. The van der Waals surface area contributed by atoms with Gasteiger partial charge in [-0.15, -0.1) is 0 Å². The molecule has 6 heteroatoms. The second kappa shape index (κ2) is 7.33. The minimum Gasteiger partial charge on any atom is -0.497 e. The molecule has 2 rings (SSSR count). The van der Waals surface area contributed by atoms with Gasteiger partial charge < -0.3 is 15.4 Å². The van der Waals surface area contributed by atoms with Gasteiger partial charge in [0.25, 0.3) is 0 Å². The second-order valence-electron chi connectivity index (χ2n) is 4.26. The van der Waals surface area contributed by atoms with Gasteiger partial charge in [0, 0.05) is 16.2 Å². The molecule has 0 aliphatic heterocycles. The van der Waals surface area contributed by atoms with E-state index in [1.54, 1.807) is 25.3 Å². The lowest BCUT2D eigenvalue weighted by molar-refractivity contribution is -0.114. The molecular weight excluding hydrogens is 356 g/mol. The predicted octanol–water partition coefficient (Wildman–Crippen LogP) is 4.16. The number of amides is 1. The molecule has 0 radical (unpaired) electrons. The normalized spacial score (nSPS) is 10.0. The number of carbonyl (C=O) groups excluding carboxylic acids is 1. The third-order valence-electron chi connectivity index (χ3n) is 2.72. The highest BCUT2D eigenvalue weighted by Gasteiger charge is 2.05. The lowest BCUT2D eigenvalue weighted by Gasteiger charge is -2.10. The lowest BCUT2D eigenvalue weighted by Crippen LogP contribution is -2.21. The Morgan fingerprint density at radius 3 is 2.86 bits per heavy atom. The molecule has 0 saturated heterocycles. The van der Waals surface area contributed by atoms with Crippen LogP contribution in [-0.2, 0) is 4.79 Å². The molecule has 0 spiro atoms. The molecule has 0 heterocycles. The van der Waals surface area contributed by atoms with Crippen LogP contribution >= 0.6 is 27.5 Å². The monoisotopic (exact) mass is 368 g/mol. The molecule has 110 valence electrons. The standard InChI is InChI=1S/C15H14BrClN2O2/c1-21-12-4-2-3-11(8-12)19-15(20)9-18-14-7-10(16)5-6-13(14)17/h2-8,18H,9H2,1H3,(H,19,20). The van der Waals surface area contributed by atoms with Crippen LogP contribution in [0.3, 0.4) is 0 Å². The van der Waals surface area contributed by atoms with Gasteiger partial charge in [-0.25, -0.2) is 0 Å². The molecular formula is C15H14BrClN2O2. The Morgan fingerprint density at radius 2 is 2.10 bits per heavy atom. The molecule has 0 aromatic heterocycles. The fourth-order valence-corrected chi connectivity index (χ4v) is 2.26. The largest absolute Gasteiger partial charge is 0.497 e. The van der Waals surface area contributed by atoms with E-state index in [0.29, 0.717) is 22.1 Å². The number of carbonyl (C=O) groups is 1. The summed E-state index contributed by atoms with van der Waals surface area (Å²) >= 11 is 9.41. The van der Waals surface area contributed by atoms with E-state index in [0.717, 1.165) is 4.47 Å². The highest BCUT2D eigenvalue weighted by Crippen LogP contribution is 2.25. The van der Waals surface area contributed by atoms with Crippen LogP contribution in [0.4, 0.5) is 11.4 Å². The number of rotatable bonds is 5. The number of ether oxygens (including phenoxy) is 1. The Balaban J connectivity index is 1.94. The SMILES string of the molecule is COc1cccc(NC(=O)CNc2cc(Br)ccc2Cl)c1. The van der Waals surface area contributed by atoms with Crippen molar-refractivity contribution in [2.45, 2.75) is 0 Å². The van der Waals surface area contributed by atoms with E-state index >= 15 is 0 Å². The van der Waals surface area contributed by atoms with E-state index in [1.165, 1.54) is 0 Å². The van der Waals surface area contributed by atoms with Crippen LogP contribution in [0.25, 0.3) is 0 Å². The fraction of sp³-hybridized carbons (Fsp3) is 0.133. The minimum atomic E-state index is -0.167. The first-order chi connectivity index (χ1) is 10.1. The predicted molar refractivity (Wildman–Crippen MR) is 89.3 cm³/mol. The average Bonchev–Trinajstić information content (AvgIpc) is 2.48. The molecule has 4 nitrogen and oxygen atoms in total. The van der Waals surface area contributed by atoms with E-state index < -0.39 is 0 Å². The van der Waals surface area contributed by atoms with E-state index in [2.05, 4.69) is 26.6 Å². The van der Waals surface area contributed by atoms with Gasteiger partial charge >= 0.3 is 0 Å². The van der Waals surface area contributed by atoms with E-state index in [4.69, 9.17) is 16.3 Å². The van der Waals surface area contributed by atoms with Crippen molar-refractivity contribution in [1.82, 2.24) is 0 Å². The summed E-state index contributed by atoms with van der Waals surface area (Å²) in [6.45, 7) is 0.118. The number of benzene rings is 2. The molecule has 0 atom stereocenters. The van der Waals surface area contributed by atoms with Crippen LogP contribution < -0.4 is 15.4 Å². The van der Waals surface area contributed by atoms with Crippen molar-refractivity contribution in [3.63, 3.8) is 0 Å². The van der Waals surface area contributed by atoms with Gasteiger partial charge in [0.05, 0.1) is 24.4 Å². The number of methoxy groups -OCH3 is 1. The highest BCUT2D eigenvalue weighted by molar-refractivity contribution is 9.10. The quantitative estimate of drug-likeness (QED) is 0.832. The summed E-state index contributed by atoms with van der Waals surface area (Å²) in [4.78, 5) is 11.9. The summed E-state index contributed by atoms with van der Waals surface area (Å²) in [5.41, 5.74) is 1.38. The van der Waals surface area contributed by atoms with Crippen LogP contribution in [0.5, 0.6) is 5.75 Å². The summed E-state index contributed by atoms with van der Waals surface area (Å²) in [6.07, 6.45) is 0. The van der Waals surface area contributed by atoms with Gasteiger partial charge in [-0.3, -0.25) is 4.79 Å². The smallest absolute Gasteiger partial charge is 0.243 e. The highest BCUT2D eigenvalue weighted by atomic mass is 79.9. The number of nitrogens with one attached hydrogen (secondary N) is 2. The third kappa shape index (κ3) is 4.65. The zero-order chi connectivity index (χ0) is 15.2. The minimum absolute atomic E-state index is 0.118. The van der Waals surface area contributed by atoms with Crippen LogP contribution in [0, 0.1) is 0 Å². The molecule has 0 aliphatic carbocycles. The third-order valence-corrected chi connectivity index (χ3v) is 3.54. The molecule has 2 aromatic carbocycles. The molecule has 21 heavy (non-hydrogen) atoms.